The first-order valence-electron chi connectivity index (χ1n) is 4.06. The Morgan fingerprint density at radius 1 is 1.42 bits per heavy atom. The molecule has 0 atom stereocenters. The van der Waals surface area contributed by atoms with Crippen molar-refractivity contribution in [1.29, 1.82) is 0 Å². The zero-order valence-electron chi connectivity index (χ0n) is 8.27. The minimum Gasteiger partial charge on any atom is -0.235 e. The van der Waals surface area contributed by atoms with Crippen molar-refractivity contribution in [2.24, 2.45) is 0 Å². The van der Waals surface area contributed by atoms with E-state index in [9.17, 15) is 4.39 Å². The largest absolute Gasteiger partial charge is 0.235 e. The molecule has 2 nitrogen and oxygen atoms in total. The molecule has 66 valence electrons. The highest BCUT2D eigenvalue weighted by molar-refractivity contribution is 6.31. The second-order valence-corrected chi connectivity index (χ2v) is 4.08. The van der Waals surface area contributed by atoms with E-state index < -0.39 is 0 Å². The molecule has 0 aliphatic carbocycles. The molecule has 0 saturated heterocycles. The summed E-state index contributed by atoms with van der Waals surface area (Å²) >= 11 is 0. The molecular formula is C8H14BFN2. The van der Waals surface area contributed by atoms with Crippen molar-refractivity contribution < 1.29 is 4.39 Å². The SMILES string of the molecule is Bc1nn(C(C)(C)C)c(F)c1C. The zero-order valence-corrected chi connectivity index (χ0v) is 8.27. The molecule has 0 unspecified atom stereocenters. The monoisotopic (exact) mass is 168 g/mol. The summed E-state index contributed by atoms with van der Waals surface area (Å²) < 4.78 is 14.8. The molecule has 0 aromatic carbocycles. The zero-order chi connectivity index (χ0) is 9.52. The number of hydrogen-bond acceptors (Lipinski definition) is 1. The molecule has 0 N–H and O–H groups in total. The van der Waals surface area contributed by atoms with E-state index in [0.717, 1.165) is 5.59 Å². The normalized spacial score (nSPS) is 12.1. The Morgan fingerprint density at radius 3 is 2.08 bits per heavy atom. The molecular weight excluding hydrogens is 154 g/mol. The Morgan fingerprint density at radius 2 is 1.92 bits per heavy atom. The van der Waals surface area contributed by atoms with Crippen LogP contribution < -0.4 is 5.59 Å². The molecule has 1 heterocycles. The maximum Gasteiger partial charge on any atom is 0.214 e. The summed E-state index contributed by atoms with van der Waals surface area (Å²) in [7, 11) is 1.82. The van der Waals surface area contributed by atoms with Crippen molar-refractivity contribution in [2.45, 2.75) is 33.2 Å². The third-order valence-electron chi connectivity index (χ3n) is 1.92. The Bertz CT molecular complexity index is 299. The summed E-state index contributed by atoms with van der Waals surface area (Å²) in [4.78, 5) is 0. The second-order valence-electron chi connectivity index (χ2n) is 4.08. The molecule has 1 rings (SSSR count). The Kier molecular flexibility index (Phi) is 2.02. The van der Waals surface area contributed by atoms with Crippen molar-refractivity contribution in [3.8, 4) is 0 Å². The minimum atomic E-state index is -0.275. The maximum absolute atomic E-state index is 13.4. The van der Waals surface area contributed by atoms with Gasteiger partial charge in [0.15, 0.2) is 7.85 Å². The molecule has 12 heavy (non-hydrogen) atoms. The van der Waals surface area contributed by atoms with Gasteiger partial charge in [0, 0.05) is 11.2 Å². The van der Waals surface area contributed by atoms with E-state index in [-0.39, 0.29) is 11.5 Å². The van der Waals surface area contributed by atoms with Gasteiger partial charge in [-0.3, -0.25) is 0 Å². The van der Waals surface area contributed by atoms with Gasteiger partial charge in [-0.15, -0.1) is 0 Å². The van der Waals surface area contributed by atoms with Gasteiger partial charge in [0.1, 0.15) is 0 Å². The van der Waals surface area contributed by atoms with E-state index in [4.69, 9.17) is 0 Å². The van der Waals surface area contributed by atoms with Crippen LogP contribution in [0.4, 0.5) is 4.39 Å². The summed E-state index contributed by atoms with van der Waals surface area (Å²) in [6.07, 6.45) is 0. The molecule has 0 fully saturated rings. The van der Waals surface area contributed by atoms with Crippen LogP contribution in [-0.2, 0) is 5.54 Å². The van der Waals surface area contributed by atoms with Crippen LogP contribution in [0.25, 0.3) is 0 Å². The molecule has 0 amide bonds. The molecule has 0 saturated carbocycles. The lowest BCUT2D eigenvalue weighted by atomic mass is 10.0. The molecule has 0 spiro atoms. The van der Waals surface area contributed by atoms with Crippen molar-refractivity contribution in [3.05, 3.63) is 11.5 Å². The first kappa shape index (κ1) is 9.29. The van der Waals surface area contributed by atoms with Crippen molar-refractivity contribution in [1.82, 2.24) is 9.78 Å². The fourth-order valence-electron chi connectivity index (χ4n) is 1.02. The molecule has 0 radical (unpaired) electrons. The molecule has 0 bridgehead atoms. The van der Waals surface area contributed by atoms with E-state index in [1.165, 1.54) is 4.68 Å². The summed E-state index contributed by atoms with van der Waals surface area (Å²) in [5, 5.41) is 4.12. The Hall–Kier alpha value is -0.795. The Balaban J connectivity index is 3.28. The average molecular weight is 168 g/mol. The summed E-state index contributed by atoms with van der Waals surface area (Å²) in [5.41, 5.74) is 1.13. The highest BCUT2D eigenvalue weighted by Gasteiger charge is 2.20. The van der Waals surface area contributed by atoms with Crippen LogP contribution in [0.1, 0.15) is 26.3 Å². The predicted molar refractivity (Wildman–Crippen MR) is 50.1 cm³/mol. The number of hydrogen-bond donors (Lipinski definition) is 0. The second kappa shape index (κ2) is 2.61. The standard InChI is InChI=1S/C8H14BFN2/c1-5-6(9)11-12(7(5)10)8(2,3)4/h9H2,1-4H3. The topological polar surface area (TPSA) is 17.8 Å². The maximum atomic E-state index is 13.4. The fourth-order valence-corrected chi connectivity index (χ4v) is 1.02. The van der Waals surface area contributed by atoms with Crippen LogP contribution in [0.2, 0.25) is 0 Å². The summed E-state index contributed by atoms with van der Waals surface area (Å²) in [6.45, 7) is 7.55. The highest BCUT2D eigenvalue weighted by Crippen LogP contribution is 2.15. The van der Waals surface area contributed by atoms with E-state index >= 15 is 0 Å². The molecule has 4 heteroatoms. The average Bonchev–Trinajstić information content (AvgIpc) is 2.15. The van der Waals surface area contributed by atoms with Gasteiger partial charge in [0.05, 0.1) is 5.54 Å². The number of aromatic nitrogens is 2. The van der Waals surface area contributed by atoms with E-state index in [1.807, 2.05) is 28.6 Å². The lowest BCUT2D eigenvalue weighted by Gasteiger charge is -2.19. The van der Waals surface area contributed by atoms with Crippen LogP contribution in [0.3, 0.4) is 0 Å². The van der Waals surface area contributed by atoms with E-state index in [2.05, 4.69) is 5.10 Å². The number of nitrogens with zero attached hydrogens (tertiary/aromatic N) is 2. The third kappa shape index (κ3) is 1.38. The minimum absolute atomic E-state index is 0.222. The van der Waals surface area contributed by atoms with Gasteiger partial charge in [-0.05, 0) is 27.7 Å². The van der Waals surface area contributed by atoms with Crippen molar-refractivity contribution >= 4 is 13.4 Å². The summed E-state index contributed by atoms with van der Waals surface area (Å²) in [5.74, 6) is -0.222. The number of halogens is 1. The molecule has 0 aliphatic rings. The molecule has 1 aromatic rings. The van der Waals surface area contributed by atoms with Gasteiger partial charge in [-0.25, -0.2) is 4.68 Å². The highest BCUT2D eigenvalue weighted by atomic mass is 19.1. The van der Waals surface area contributed by atoms with E-state index in [1.54, 1.807) is 6.92 Å². The number of rotatable bonds is 0. The van der Waals surface area contributed by atoms with Gasteiger partial charge in [0.25, 0.3) is 0 Å². The van der Waals surface area contributed by atoms with Gasteiger partial charge in [0.2, 0.25) is 5.95 Å². The lowest BCUT2D eigenvalue weighted by molar-refractivity contribution is 0.299. The van der Waals surface area contributed by atoms with Gasteiger partial charge in [-0.2, -0.15) is 9.49 Å². The molecule has 1 aromatic heterocycles. The van der Waals surface area contributed by atoms with Crippen LogP contribution in [0, 0.1) is 12.9 Å². The lowest BCUT2D eigenvalue weighted by Crippen LogP contribution is -2.26. The van der Waals surface area contributed by atoms with Crippen LogP contribution in [0.15, 0.2) is 0 Å². The smallest absolute Gasteiger partial charge is 0.214 e. The Labute approximate surface area is 73.2 Å². The summed E-state index contributed by atoms with van der Waals surface area (Å²) in [6, 6.07) is 0. The van der Waals surface area contributed by atoms with Crippen LogP contribution in [-0.4, -0.2) is 17.6 Å². The fraction of sp³-hybridized carbons (Fsp3) is 0.625. The van der Waals surface area contributed by atoms with Gasteiger partial charge in [-0.1, -0.05) is 0 Å². The van der Waals surface area contributed by atoms with Crippen molar-refractivity contribution in [3.63, 3.8) is 0 Å². The van der Waals surface area contributed by atoms with Crippen LogP contribution >= 0.6 is 0 Å². The first-order chi connectivity index (χ1) is 5.34. The molecule has 0 aliphatic heterocycles. The quantitative estimate of drug-likeness (QED) is 0.511. The third-order valence-corrected chi connectivity index (χ3v) is 1.92. The van der Waals surface area contributed by atoms with E-state index in [0.29, 0.717) is 5.56 Å². The van der Waals surface area contributed by atoms with Crippen LogP contribution in [0.5, 0.6) is 0 Å². The van der Waals surface area contributed by atoms with Gasteiger partial charge >= 0.3 is 0 Å². The van der Waals surface area contributed by atoms with Gasteiger partial charge < -0.3 is 0 Å². The predicted octanol–water partition coefficient (Wildman–Crippen LogP) is 0.344. The first-order valence-corrected chi connectivity index (χ1v) is 4.06. The van der Waals surface area contributed by atoms with Crippen molar-refractivity contribution in [2.75, 3.05) is 0 Å².